The molecule has 0 radical (unpaired) electrons. The van der Waals surface area contributed by atoms with Crippen LogP contribution in [0.5, 0.6) is 11.5 Å². The monoisotopic (exact) mass is 452 g/mol. The number of hydrogen-bond acceptors (Lipinski definition) is 4. The van der Waals surface area contributed by atoms with Crippen LogP contribution in [-0.2, 0) is 4.79 Å². The van der Waals surface area contributed by atoms with Crippen LogP contribution in [-0.4, -0.2) is 31.6 Å². The quantitative estimate of drug-likeness (QED) is 0.700. The van der Waals surface area contributed by atoms with Gasteiger partial charge in [-0.15, -0.1) is 0 Å². The Morgan fingerprint density at radius 3 is 2.60 bits per heavy atom. The van der Waals surface area contributed by atoms with Crippen LogP contribution in [0.3, 0.4) is 0 Å². The number of amides is 2. The standard InChI is InChI=1S/C18H17IN2O4/c19-14-5-2-1-4-13(14)18(23)20-11-17(22)21-12-6-7-15-16(10-12)25-9-3-8-24-15/h1-2,4-7,10H,3,8-9,11H2,(H,20,23)(H,21,22). The summed E-state index contributed by atoms with van der Waals surface area (Å²) in [5, 5.41) is 5.36. The maximum Gasteiger partial charge on any atom is 0.252 e. The van der Waals surface area contributed by atoms with Crippen molar-refractivity contribution >= 4 is 40.1 Å². The van der Waals surface area contributed by atoms with Crippen molar-refractivity contribution in [2.75, 3.05) is 25.1 Å². The number of rotatable bonds is 4. The highest BCUT2D eigenvalue weighted by Gasteiger charge is 2.13. The number of halogens is 1. The smallest absolute Gasteiger partial charge is 0.252 e. The Morgan fingerprint density at radius 1 is 1.04 bits per heavy atom. The van der Waals surface area contributed by atoms with Crippen molar-refractivity contribution in [3.05, 3.63) is 51.6 Å². The summed E-state index contributed by atoms with van der Waals surface area (Å²) in [6, 6.07) is 12.4. The molecule has 0 unspecified atom stereocenters. The average molecular weight is 452 g/mol. The number of nitrogens with one attached hydrogen (secondary N) is 2. The lowest BCUT2D eigenvalue weighted by Gasteiger charge is -2.11. The van der Waals surface area contributed by atoms with E-state index in [2.05, 4.69) is 33.2 Å². The molecule has 0 aromatic heterocycles. The van der Waals surface area contributed by atoms with E-state index in [-0.39, 0.29) is 18.4 Å². The molecule has 6 nitrogen and oxygen atoms in total. The zero-order chi connectivity index (χ0) is 17.6. The second-order valence-electron chi connectivity index (χ2n) is 5.42. The number of carbonyl (C=O) groups excluding carboxylic acids is 2. The number of hydrogen-bond donors (Lipinski definition) is 2. The van der Waals surface area contributed by atoms with Gasteiger partial charge >= 0.3 is 0 Å². The first-order chi connectivity index (χ1) is 12.1. The molecule has 0 saturated carbocycles. The first kappa shape index (κ1) is 17.5. The largest absolute Gasteiger partial charge is 0.490 e. The van der Waals surface area contributed by atoms with Crippen molar-refractivity contribution in [2.24, 2.45) is 0 Å². The van der Waals surface area contributed by atoms with E-state index >= 15 is 0 Å². The van der Waals surface area contributed by atoms with Gasteiger partial charge in [-0.05, 0) is 46.9 Å². The maximum absolute atomic E-state index is 12.1. The Kier molecular flexibility index (Phi) is 5.75. The summed E-state index contributed by atoms with van der Waals surface area (Å²) in [5.74, 6) is 0.688. The summed E-state index contributed by atoms with van der Waals surface area (Å²) in [5.41, 5.74) is 1.14. The minimum absolute atomic E-state index is 0.113. The topological polar surface area (TPSA) is 76.7 Å². The van der Waals surface area contributed by atoms with Crippen molar-refractivity contribution < 1.29 is 19.1 Å². The van der Waals surface area contributed by atoms with Gasteiger partial charge in [0.1, 0.15) is 0 Å². The summed E-state index contributed by atoms with van der Waals surface area (Å²) in [6.45, 7) is 1.08. The Balaban J connectivity index is 1.57. The van der Waals surface area contributed by atoms with Crippen LogP contribution in [0.25, 0.3) is 0 Å². The molecule has 0 aliphatic carbocycles. The molecule has 2 amide bonds. The molecule has 2 aromatic carbocycles. The van der Waals surface area contributed by atoms with Crippen molar-refractivity contribution in [3.63, 3.8) is 0 Å². The Bertz CT molecular complexity index is 794. The van der Waals surface area contributed by atoms with Gasteiger partial charge in [-0.25, -0.2) is 0 Å². The molecule has 3 rings (SSSR count). The number of anilines is 1. The lowest BCUT2D eigenvalue weighted by molar-refractivity contribution is -0.115. The molecule has 130 valence electrons. The van der Waals surface area contributed by atoms with Crippen LogP contribution in [0.2, 0.25) is 0 Å². The van der Waals surface area contributed by atoms with Gasteiger partial charge in [0, 0.05) is 21.7 Å². The van der Waals surface area contributed by atoms with Crippen LogP contribution < -0.4 is 20.1 Å². The molecule has 0 saturated heterocycles. The predicted octanol–water partition coefficient (Wildman–Crippen LogP) is 2.82. The van der Waals surface area contributed by atoms with E-state index in [0.717, 1.165) is 9.99 Å². The van der Waals surface area contributed by atoms with Crippen LogP contribution in [0.15, 0.2) is 42.5 Å². The van der Waals surface area contributed by atoms with E-state index in [4.69, 9.17) is 9.47 Å². The van der Waals surface area contributed by atoms with Crippen LogP contribution in [0, 0.1) is 3.57 Å². The summed E-state index contributed by atoms with van der Waals surface area (Å²) in [4.78, 5) is 24.2. The molecule has 0 atom stereocenters. The normalized spacial score (nSPS) is 12.8. The fourth-order valence-corrected chi connectivity index (χ4v) is 2.98. The number of carbonyl (C=O) groups is 2. The number of benzene rings is 2. The van der Waals surface area contributed by atoms with E-state index < -0.39 is 0 Å². The third-order valence-corrected chi connectivity index (χ3v) is 4.50. The van der Waals surface area contributed by atoms with Crippen molar-refractivity contribution in [1.29, 1.82) is 0 Å². The second kappa shape index (κ2) is 8.19. The first-order valence-electron chi connectivity index (χ1n) is 7.86. The Hall–Kier alpha value is -2.29. The van der Waals surface area contributed by atoms with Gasteiger partial charge in [0.25, 0.3) is 5.91 Å². The fourth-order valence-electron chi connectivity index (χ4n) is 2.35. The van der Waals surface area contributed by atoms with Gasteiger partial charge in [-0.3, -0.25) is 9.59 Å². The molecule has 2 N–H and O–H groups in total. The van der Waals surface area contributed by atoms with E-state index in [1.54, 1.807) is 30.3 Å². The van der Waals surface area contributed by atoms with Crippen molar-refractivity contribution in [3.8, 4) is 11.5 Å². The summed E-state index contributed by atoms with van der Waals surface area (Å²) in [7, 11) is 0. The summed E-state index contributed by atoms with van der Waals surface area (Å²) >= 11 is 2.09. The first-order valence-corrected chi connectivity index (χ1v) is 8.93. The molecule has 1 heterocycles. The van der Waals surface area contributed by atoms with Crippen LogP contribution in [0.4, 0.5) is 5.69 Å². The van der Waals surface area contributed by atoms with Gasteiger partial charge in [0.05, 0.1) is 25.3 Å². The van der Waals surface area contributed by atoms with Crippen LogP contribution >= 0.6 is 22.6 Å². The lowest BCUT2D eigenvalue weighted by Crippen LogP contribution is -2.33. The third kappa shape index (κ3) is 4.62. The Morgan fingerprint density at radius 2 is 1.80 bits per heavy atom. The van der Waals surface area contributed by atoms with Gasteiger partial charge in [-0.2, -0.15) is 0 Å². The maximum atomic E-state index is 12.1. The van der Waals surface area contributed by atoms with E-state index in [0.29, 0.717) is 36.0 Å². The molecular formula is C18H17IN2O4. The highest BCUT2D eigenvalue weighted by molar-refractivity contribution is 14.1. The lowest BCUT2D eigenvalue weighted by atomic mass is 10.2. The van der Waals surface area contributed by atoms with Crippen molar-refractivity contribution in [2.45, 2.75) is 6.42 Å². The molecular weight excluding hydrogens is 435 g/mol. The Labute approximate surface area is 159 Å². The molecule has 2 aromatic rings. The number of ether oxygens (including phenoxy) is 2. The van der Waals surface area contributed by atoms with Gasteiger partial charge in [-0.1, -0.05) is 12.1 Å². The molecule has 1 aliphatic rings. The molecule has 0 spiro atoms. The minimum atomic E-state index is -0.311. The van der Waals surface area contributed by atoms with Crippen molar-refractivity contribution in [1.82, 2.24) is 5.32 Å². The predicted molar refractivity (Wildman–Crippen MR) is 102 cm³/mol. The molecule has 1 aliphatic heterocycles. The zero-order valence-electron chi connectivity index (χ0n) is 13.4. The summed E-state index contributed by atoms with van der Waals surface area (Å²) < 4.78 is 12.0. The number of fused-ring (bicyclic) bond motifs is 1. The van der Waals surface area contributed by atoms with Crippen LogP contribution in [0.1, 0.15) is 16.8 Å². The average Bonchev–Trinajstić information content (AvgIpc) is 2.85. The third-order valence-electron chi connectivity index (χ3n) is 3.56. The van der Waals surface area contributed by atoms with E-state index in [1.807, 2.05) is 12.1 Å². The minimum Gasteiger partial charge on any atom is -0.490 e. The molecule has 7 heteroatoms. The van der Waals surface area contributed by atoms with Gasteiger partial charge in [0.15, 0.2) is 11.5 Å². The highest BCUT2D eigenvalue weighted by atomic mass is 127. The van der Waals surface area contributed by atoms with E-state index in [9.17, 15) is 9.59 Å². The summed E-state index contributed by atoms with van der Waals surface area (Å²) in [6.07, 6.45) is 0.820. The highest BCUT2D eigenvalue weighted by Crippen LogP contribution is 2.32. The molecule has 0 bridgehead atoms. The molecule has 0 fully saturated rings. The molecule has 25 heavy (non-hydrogen) atoms. The SMILES string of the molecule is O=C(CNC(=O)c1ccccc1I)Nc1ccc2c(c1)OCCCO2. The zero-order valence-corrected chi connectivity index (χ0v) is 15.5. The van der Waals surface area contributed by atoms with Gasteiger partial charge < -0.3 is 20.1 Å². The van der Waals surface area contributed by atoms with Gasteiger partial charge in [0.2, 0.25) is 5.91 Å². The fraction of sp³-hybridized carbons (Fsp3) is 0.222. The van der Waals surface area contributed by atoms with E-state index in [1.165, 1.54) is 0 Å². The second-order valence-corrected chi connectivity index (χ2v) is 6.58.